The third-order valence-corrected chi connectivity index (χ3v) is 5.18. The van der Waals surface area contributed by atoms with Crippen LogP contribution in [0.2, 0.25) is 0 Å². The van der Waals surface area contributed by atoms with Crippen molar-refractivity contribution in [3.63, 3.8) is 0 Å². The van der Waals surface area contributed by atoms with Gasteiger partial charge in [0.2, 0.25) is 10.0 Å². The van der Waals surface area contributed by atoms with Gasteiger partial charge in [0, 0.05) is 25.7 Å². The number of alkyl halides is 3. The molecule has 0 radical (unpaired) electrons. The van der Waals surface area contributed by atoms with Crippen LogP contribution in [-0.4, -0.2) is 44.8 Å². The maximum absolute atomic E-state index is 12.4. The summed E-state index contributed by atoms with van der Waals surface area (Å²) < 4.78 is 66.1. The van der Waals surface area contributed by atoms with Crippen molar-refractivity contribution in [2.45, 2.75) is 24.2 Å². The van der Waals surface area contributed by atoms with Crippen molar-refractivity contribution >= 4 is 10.0 Å². The van der Waals surface area contributed by atoms with Gasteiger partial charge in [0.1, 0.15) is 5.75 Å². The topological polar surface area (TPSA) is 58.6 Å². The minimum Gasteiger partial charge on any atom is -0.406 e. The van der Waals surface area contributed by atoms with Crippen molar-refractivity contribution in [2.75, 3.05) is 19.6 Å². The normalized spacial score (nSPS) is 16.8. The van der Waals surface area contributed by atoms with Gasteiger partial charge in [0.25, 0.3) is 0 Å². The zero-order chi connectivity index (χ0) is 15.7. The average Bonchev–Trinajstić information content (AvgIpc) is 2.31. The summed E-state index contributed by atoms with van der Waals surface area (Å²) in [6, 6.07) is 4.10. The summed E-state index contributed by atoms with van der Waals surface area (Å²) in [5, 5.41) is 2.98. The lowest BCUT2D eigenvalue weighted by Gasteiger charge is -2.36. The molecular weight excluding hydrogens is 309 g/mol. The van der Waals surface area contributed by atoms with Crippen LogP contribution in [0.5, 0.6) is 5.75 Å². The average molecular weight is 324 g/mol. The van der Waals surface area contributed by atoms with Gasteiger partial charge in [0.05, 0.1) is 4.90 Å². The van der Waals surface area contributed by atoms with Crippen LogP contribution in [0.3, 0.4) is 0 Å². The first-order valence-corrected chi connectivity index (χ1v) is 7.76. The number of nitrogens with one attached hydrogen (secondary N) is 1. The first-order chi connectivity index (χ1) is 9.74. The molecule has 1 aliphatic rings. The van der Waals surface area contributed by atoms with Crippen LogP contribution in [0.4, 0.5) is 13.2 Å². The Morgan fingerprint density at radius 1 is 1.29 bits per heavy atom. The number of benzene rings is 1. The molecule has 0 atom stereocenters. The Morgan fingerprint density at radius 2 is 1.86 bits per heavy atom. The number of ether oxygens (including phenoxy) is 1. The Hall–Kier alpha value is -1.32. The number of rotatable bonds is 5. The molecule has 1 heterocycles. The lowest BCUT2D eigenvalue weighted by Crippen LogP contribution is -2.58. The second-order valence-corrected chi connectivity index (χ2v) is 6.43. The molecule has 0 aromatic heterocycles. The predicted octanol–water partition coefficient (Wildman–Crippen LogP) is 1.57. The summed E-state index contributed by atoms with van der Waals surface area (Å²) in [5.41, 5.74) is 0. The van der Waals surface area contributed by atoms with Gasteiger partial charge in [-0.05, 0) is 24.3 Å². The largest absolute Gasteiger partial charge is 0.573 e. The van der Waals surface area contributed by atoms with Crippen molar-refractivity contribution in [3.05, 3.63) is 24.3 Å². The molecule has 0 spiro atoms. The number of hydrogen-bond donors (Lipinski definition) is 1. The van der Waals surface area contributed by atoms with Crippen LogP contribution in [-0.2, 0) is 10.0 Å². The second kappa shape index (κ2) is 5.82. The summed E-state index contributed by atoms with van der Waals surface area (Å²) in [5.74, 6) is -0.449. The fourth-order valence-electron chi connectivity index (χ4n) is 2.05. The van der Waals surface area contributed by atoms with Gasteiger partial charge in [-0.2, -0.15) is 4.31 Å². The Kier molecular flexibility index (Phi) is 4.45. The fraction of sp³-hybridized carbons (Fsp3) is 0.500. The standard InChI is InChI=1S/C12H15F3N2O3S/c1-2-17(9-7-16-8-9)21(18,19)11-5-3-10(4-6-11)20-12(13,14)15/h3-6,9,16H,2,7-8H2,1H3. The lowest BCUT2D eigenvalue weighted by molar-refractivity contribution is -0.274. The highest BCUT2D eigenvalue weighted by Crippen LogP contribution is 2.26. The molecule has 1 aromatic carbocycles. The highest BCUT2D eigenvalue weighted by molar-refractivity contribution is 7.89. The van der Waals surface area contributed by atoms with E-state index in [2.05, 4.69) is 10.1 Å². The Bertz CT molecular complexity index is 583. The molecule has 21 heavy (non-hydrogen) atoms. The van der Waals surface area contributed by atoms with E-state index in [9.17, 15) is 21.6 Å². The molecule has 118 valence electrons. The van der Waals surface area contributed by atoms with Gasteiger partial charge >= 0.3 is 6.36 Å². The van der Waals surface area contributed by atoms with Crippen molar-refractivity contribution < 1.29 is 26.3 Å². The molecule has 0 amide bonds. The van der Waals surface area contributed by atoms with Gasteiger partial charge in [-0.15, -0.1) is 13.2 Å². The maximum atomic E-state index is 12.4. The zero-order valence-electron chi connectivity index (χ0n) is 11.2. The predicted molar refractivity (Wildman–Crippen MR) is 69.3 cm³/mol. The van der Waals surface area contributed by atoms with E-state index in [0.717, 1.165) is 24.3 Å². The van der Waals surface area contributed by atoms with Crippen LogP contribution in [0, 0.1) is 0 Å². The van der Waals surface area contributed by atoms with E-state index >= 15 is 0 Å². The van der Waals surface area contributed by atoms with Crippen LogP contribution in [0.25, 0.3) is 0 Å². The van der Waals surface area contributed by atoms with Crippen molar-refractivity contribution in [1.29, 1.82) is 0 Å². The molecule has 0 aliphatic carbocycles. The zero-order valence-corrected chi connectivity index (χ0v) is 12.0. The van der Waals surface area contributed by atoms with E-state index in [4.69, 9.17) is 0 Å². The molecule has 1 aromatic rings. The molecule has 0 saturated carbocycles. The quantitative estimate of drug-likeness (QED) is 0.893. The summed E-state index contributed by atoms with van der Waals surface area (Å²) in [6.07, 6.45) is -4.80. The van der Waals surface area contributed by atoms with Crippen LogP contribution >= 0.6 is 0 Å². The number of halogens is 3. The molecule has 5 nitrogen and oxygen atoms in total. The second-order valence-electron chi connectivity index (χ2n) is 4.54. The fourth-order valence-corrected chi connectivity index (χ4v) is 3.68. The van der Waals surface area contributed by atoms with Crippen LogP contribution in [0.15, 0.2) is 29.2 Å². The third kappa shape index (κ3) is 3.66. The molecule has 1 N–H and O–H groups in total. The number of nitrogens with zero attached hydrogens (tertiary/aromatic N) is 1. The van der Waals surface area contributed by atoms with Crippen molar-refractivity contribution in [2.24, 2.45) is 0 Å². The number of hydrogen-bond acceptors (Lipinski definition) is 4. The van der Waals surface area contributed by atoms with E-state index in [-0.39, 0.29) is 10.9 Å². The number of likely N-dealkylation sites (N-methyl/N-ethyl adjacent to an activating group) is 1. The summed E-state index contributed by atoms with van der Waals surface area (Å²) in [4.78, 5) is -0.0502. The number of sulfonamides is 1. The van der Waals surface area contributed by atoms with Crippen LogP contribution < -0.4 is 10.1 Å². The highest BCUT2D eigenvalue weighted by atomic mass is 32.2. The highest BCUT2D eigenvalue weighted by Gasteiger charge is 2.34. The monoisotopic (exact) mass is 324 g/mol. The molecule has 9 heteroatoms. The molecule has 1 fully saturated rings. The van der Waals surface area contributed by atoms with E-state index in [1.165, 1.54) is 4.31 Å². The lowest BCUT2D eigenvalue weighted by atomic mass is 10.2. The van der Waals surface area contributed by atoms with Crippen LogP contribution in [0.1, 0.15) is 6.92 Å². The van der Waals surface area contributed by atoms with Crippen molar-refractivity contribution in [1.82, 2.24) is 9.62 Å². The van der Waals surface area contributed by atoms with E-state index in [0.29, 0.717) is 19.6 Å². The molecule has 1 saturated heterocycles. The summed E-state index contributed by atoms with van der Waals surface area (Å²) >= 11 is 0. The molecule has 2 rings (SSSR count). The first kappa shape index (κ1) is 16.1. The van der Waals surface area contributed by atoms with Gasteiger partial charge in [-0.3, -0.25) is 0 Å². The minimum atomic E-state index is -4.80. The Morgan fingerprint density at radius 3 is 2.24 bits per heavy atom. The third-order valence-electron chi connectivity index (χ3n) is 3.14. The summed E-state index contributed by atoms with van der Waals surface area (Å²) in [7, 11) is -3.72. The molecular formula is C12H15F3N2O3S. The molecule has 0 bridgehead atoms. The molecule has 1 aliphatic heterocycles. The first-order valence-electron chi connectivity index (χ1n) is 6.32. The minimum absolute atomic E-state index is 0.0502. The Labute approximate surface area is 120 Å². The maximum Gasteiger partial charge on any atom is 0.573 e. The van der Waals surface area contributed by atoms with Gasteiger partial charge in [0.15, 0.2) is 0 Å². The van der Waals surface area contributed by atoms with Gasteiger partial charge in [-0.25, -0.2) is 8.42 Å². The van der Waals surface area contributed by atoms with E-state index < -0.39 is 22.1 Å². The van der Waals surface area contributed by atoms with E-state index in [1.54, 1.807) is 6.92 Å². The smallest absolute Gasteiger partial charge is 0.406 e. The van der Waals surface area contributed by atoms with Gasteiger partial charge < -0.3 is 10.1 Å². The molecule has 0 unspecified atom stereocenters. The SMILES string of the molecule is CCN(C1CNC1)S(=O)(=O)c1ccc(OC(F)(F)F)cc1. The Balaban J connectivity index is 2.20. The van der Waals surface area contributed by atoms with Gasteiger partial charge in [-0.1, -0.05) is 6.92 Å². The van der Waals surface area contributed by atoms with Crippen molar-refractivity contribution in [3.8, 4) is 5.75 Å². The summed E-state index contributed by atoms with van der Waals surface area (Å²) in [6.45, 7) is 3.16. The van der Waals surface area contributed by atoms with E-state index in [1.807, 2.05) is 0 Å².